The Balaban J connectivity index is 2.43. The smallest absolute Gasteiger partial charge is 0.0790 e. The molecule has 1 heteroatoms. The Bertz CT molecular complexity index is 311. The second-order valence-corrected chi connectivity index (χ2v) is 4.28. The molecule has 0 radical (unpaired) electrons. The molecule has 1 aromatic carbocycles. The summed E-state index contributed by atoms with van der Waals surface area (Å²) in [6.45, 7) is 7.93. The van der Waals surface area contributed by atoms with Crippen LogP contribution in [0, 0.1) is 6.92 Å². The van der Waals surface area contributed by atoms with Crippen LogP contribution in [0.3, 0.4) is 0 Å². The second kappa shape index (κ2) is 5.72. The van der Waals surface area contributed by atoms with Gasteiger partial charge in [0.25, 0.3) is 0 Å². The quantitative estimate of drug-likeness (QED) is 0.724. The van der Waals surface area contributed by atoms with Crippen molar-refractivity contribution in [3.63, 3.8) is 0 Å². The number of aliphatic hydroxyl groups excluding tert-OH is 1. The van der Waals surface area contributed by atoms with Crippen LogP contribution in [0.15, 0.2) is 36.4 Å². The minimum Gasteiger partial charge on any atom is -0.388 e. The number of hydrogen-bond acceptors (Lipinski definition) is 1. The predicted octanol–water partition coefficient (Wildman–Crippen LogP) is 3.77. The molecule has 1 aromatic rings. The Hall–Kier alpha value is -1.08. The van der Waals surface area contributed by atoms with Crippen molar-refractivity contribution in [2.24, 2.45) is 0 Å². The molecule has 0 saturated carbocycles. The number of benzene rings is 1. The average molecular weight is 204 g/mol. The molecule has 0 saturated heterocycles. The molecule has 1 nitrogen and oxygen atoms in total. The van der Waals surface area contributed by atoms with Crippen molar-refractivity contribution in [1.29, 1.82) is 0 Å². The van der Waals surface area contributed by atoms with Crippen LogP contribution in [-0.4, -0.2) is 5.11 Å². The highest BCUT2D eigenvalue weighted by molar-refractivity contribution is 5.22. The van der Waals surface area contributed by atoms with Crippen molar-refractivity contribution in [3.05, 3.63) is 47.5 Å². The van der Waals surface area contributed by atoms with Crippen LogP contribution >= 0.6 is 0 Å². The highest BCUT2D eigenvalue weighted by Gasteiger charge is 2.06. The van der Waals surface area contributed by atoms with E-state index < -0.39 is 0 Å². The molecule has 15 heavy (non-hydrogen) atoms. The maximum atomic E-state index is 9.89. The van der Waals surface area contributed by atoms with E-state index in [1.165, 1.54) is 11.1 Å². The molecule has 0 amide bonds. The van der Waals surface area contributed by atoms with E-state index in [1.807, 2.05) is 31.2 Å². The fraction of sp³-hybridized carbons (Fsp3) is 0.429. The zero-order valence-electron chi connectivity index (χ0n) is 9.66. The van der Waals surface area contributed by atoms with Gasteiger partial charge in [0.1, 0.15) is 0 Å². The Labute approximate surface area is 92.5 Å². The van der Waals surface area contributed by atoms with E-state index in [9.17, 15) is 5.11 Å². The average Bonchev–Trinajstić information content (AvgIpc) is 2.18. The molecular weight excluding hydrogens is 184 g/mol. The fourth-order valence-corrected chi connectivity index (χ4v) is 1.55. The highest BCUT2D eigenvalue weighted by Crippen LogP contribution is 2.20. The molecule has 82 valence electrons. The molecule has 1 rings (SSSR count). The monoisotopic (exact) mass is 204 g/mol. The summed E-state index contributed by atoms with van der Waals surface area (Å²) in [6.07, 6.45) is 2.49. The number of rotatable bonds is 5. The number of aliphatic hydroxyl groups is 1. The third-order valence-corrected chi connectivity index (χ3v) is 2.54. The molecule has 1 atom stereocenters. The number of allylic oxidation sites excluding steroid dienone is 1. The summed E-state index contributed by atoms with van der Waals surface area (Å²) in [5, 5.41) is 9.89. The van der Waals surface area contributed by atoms with Crippen molar-refractivity contribution in [2.45, 2.75) is 39.2 Å². The van der Waals surface area contributed by atoms with Gasteiger partial charge in [0.15, 0.2) is 0 Å². The minimum atomic E-state index is -0.329. The van der Waals surface area contributed by atoms with E-state index in [1.54, 1.807) is 0 Å². The first-order valence-electron chi connectivity index (χ1n) is 5.48. The summed E-state index contributed by atoms with van der Waals surface area (Å²) in [4.78, 5) is 0. The Morgan fingerprint density at radius 1 is 1.33 bits per heavy atom. The molecule has 1 unspecified atom stereocenters. The lowest BCUT2D eigenvalue weighted by Crippen LogP contribution is -1.97. The summed E-state index contributed by atoms with van der Waals surface area (Å²) < 4.78 is 0. The maximum absolute atomic E-state index is 9.89. The molecule has 0 heterocycles. The van der Waals surface area contributed by atoms with Gasteiger partial charge in [-0.3, -0.25) is 0 Å². The lowest BCUT2D eigenvalue weighted by atomic mass is 10.0. The van der Waals surface area contributed by atoms with Crippen LogP contribution in [-0.2, 0) is 0 Å². The SMILES string of the molecule is C=C(C)CCCC(O)c1ccc(C)cc1. The molecule has 0 aliphatic carbocycles. The van der Waals surface area contributed by atoms with E-state index in [0.29, 0.717) is 0 Å². The van der Waals surface area contributed by atoms with Crippen LogP contribution < -0.4 is 0 Å². The fourth-order valence-electron chi connectivity index (χ4n) is 1.55. The standard InChI is InChI=1S/C14H20O/c1-11(2)5-4-6-14(15)13-9-7-12(3)8-10-13/h7-10,14-15H,1,4-6H2,2-3H3. The van der Waals surface area contributed by atoms with Gasteiger partial charge in [-0.15, -0.1) is 6.58 Å². The van der Waals surface area contributed by atoms with Gasteiger partial charge in [-0.25, -0.2) is 0 Å². The second-order valence-electron chi connectivity index (χ2n) is 4.28. The summed E-state index contributed by atoms with van der Waals surface area (Å²) in [5.74, 6) is 0. The van der Waals surface area contributed by atoms with E-state index in [0.717, 1.165) is 24.8 Å². The first kappa shape index (κ1) is 12.0. The largest absolute Gasteiger partial charge is 0.388 e. The van der Waals surface area contributed by atoms with Crippen LogP contribution in [0.1, 0.15) is 43.4 Å². The molecular formula is C14H20O. The summed E-state index contributed by atoms with van der Waals surface area (Å²) >= 11 is 0. The zero-order valence-corrected chi connectivity index (χ0v) is 9.66. The van der Waals surface area contributed by atoms with Gasteiger partial charge in [0, 0.05) is 0 Å². The van der Waals surface area contributed by atoms with Gasteiger partial charge >= 0.3 is 0 Å². The number of hydrogen-bond donors (Lipinski definition) is 1. The summed E-state index contributed by atoms with van der Waals surface area (Å²) in [6, 6.07) is 8.08. The third kappa shape index (κ3) is 4.30. The zero-order chi connectivity index (χ0) is 11.3. The van der Waals surface area contributed by atoms with Gasteiger partial charge in [-0.2, -0.15) is 0 Å². The number of aryl methyl sites for hydroxylation is 1. The van der Waals surface area contributed by atoms with E-state index in [4.69, 9.17) is 0 Å². The normalized spacial score (nSPS) is 12.5. The molecule has 0 spiro atoms. The minimum absolute atomic E-state index is 0.329. The third-order valence-electron chi connectivity index (χ3n) is 2.54. The van der Waals surface area contributed by atoms with Gasteiger partial charge in [0.2, 0.25) is 0 Å². The van der Waals surface area contributed by atoms with Crippen molar-refractivity contribution in [1.82, 2.24) is 0 Å². The van der Waals surface area contributed by atoms with E-state index in [-0.39, 0.29) is 6.10 Å². The van der Waals surface area contributed by atoms with Crippen molar-refractivity contribution in [2.75, 3.05) is 0 Å². The first-order valence-corrected chi connectivity index (χ1v) is 5.48. The molecule has 0 fully saturated rings. The van der Waals surface area contributed by atoms with E-state index in [2.05, 4.69) is 13.5 Å². The maximum Gasteiger partial charge on any atom is 0.0790 e. The molecule has 0 bridgehead atoms. The molecule has 0 aliphatic rings. The predicted molar refractivity (Wildman–Crippen MR) is 64.8 cm³/mol. The highest BCUT2D eigenvalue weighted by atomic mass is 16.3. The van der Waals surface area contributed by atoms with Gasteiger partial charge < -0.3 is 5.11 Å². The molecule has 1 N–H and O–H groups in total. The van der Waals surface area contributed by atoms with Gasteiger partial charge in [-0.1, -0.05) is 35.4 Å². The lowest BCUT2D eigenvalue weighted by molar-refractivity contribution is 0.164. The summed E-state index contributed by atoms with van der Waals surface area (Å²) in [7, 11) is 0. The summed E-state index contributed by atoms with van der Waals surface area (Å²) in [5.41, 5.74) is 3.43. The lowest BCUT2D eigenvalue weighted by Gasteiger charge is -2.10. The Morgan fingerprint density at radius 2 is 1.93 bits per heavy atom. The van der Waals surface area contributed by atoms with E-state index >= 15 is 0 Å². The Morgan fingerprint density at radius 3 is 2.47 bits per heavy atom. The van der Waals surface area contributed by atoms with Crippen LogP contribution in [0.25, 0.3) is 0 Å². The van der Waals surface area contributed by atoms with Gasteiger partial charge in [-0.05, 0) is 38.7 Å². The topological polar surface area (TPSA) is 20.2 Å². The van der Waals surface area contributed by atoms with Crippen LogP contribution in [0.5, 0.6) is 0 Å². The van der Waals surface area contributed by atoms with Crippen molar-refractivity contribution >= 4 is 0 Å². The van der Waals surface area contributed by atoms with Crippen LogP contribution in [0.4, 0.5) is 0 Å². The Kier molecular flexibility index (Phi) is 4.57. The molecule has 0 aliphatic heterocycles. The molecule has 0 aromatic heterocycles. The van der Waals surface area contributed by atoms with Crippen molar-refractivity contribution < 1.29 is 5.11 Å². The van der Waals surface area contributed by atoms with Crippen molar-refractivity contribution in [3.8, 4) is 0 Å². The first-order chi connectivity index (χ1) is 7.09. The van der Waals surface area contributed by atoms with Crippen LogP contribution in [0.2, 0.25) is 0 Å². The van der Waals surface area contributed by atoms with Gasteiger partial charge in [0.05, 0.1) is 6.10 Å².